The lowest BCUT2D eigenvalue weighted by molar-refractivity contribution is 0.0923. The molecule has 2 rings (SSSR count). The number of amides is 1. The molecule has 0 aliphatic heterocycles. The quantitative estimate of drug-likeness (QED) is 0.855. The molecule has 0 heterocycles. The third kappa shape index (κ3) is 3.01. The van der Waals surface area contributed by atoms with Gasteiger partial charge in [-0.3, -0.25) is 4.79 Å². The number of carbonyl (C=O) groups is 1. The molecule has 3 N–H and O–H groups in total. The van der Waals surface area contributed by atoms with Crippen molar-refractivity contribution in [2.75, 3.05) is 7.11 Å². The Labute approximate surface area is 108 Å². The molecular formula is C14H20N2O2. The van der Waals surface area contributed by atoms with Gasteiger partial charge in [0.15, 0.2) is 0 Å². The van der Waals surface area contributed by atoms with Crippen molar-refractivity contribution < 1.29 is 9.53 Å². The van der Waals surface area contributed by atoms with Gasteiger partial charge in [0.05, 0.1) is 12.7 Å². The standard InChI is InChI=1S/C14H20N2O2/c1-18-13-5-3-2-4-12(13)14(17)16-11-8-6-10(15)7-9-11/h2-5,10-11H,6-9,15H2,1H3,(H,16,17). The van der Waals surface area contributed by atoms with Crippen molar-refractivity contribution in [1.29, 1.82) is 0 Å². The molecule has 1 aromatic rings. The minimum absolute atomic E-state index is 0.0621. The van der Waals surface area contributed by atoms with Crippen LogP contribution in [0.15, 0.2) is 24.3 Å². The molecule has 4 heteroatoms. The average molecular weight is 248 g/mol. The maximum absolute atomic E-state index is 12.2. The second-order valence-corrected chi connectivity index (χ2v) is 4.79. The summed E-state index contributed by atoms with van der Waals surface area (Å²) >= 11 is 0. The van der Waals surface area contributed by atoms with E-state index in [2.05, 4.69) is 5.32 Å². The second-order valence-electron chi connectivity index (χ2n) is 4.79. The summed E-state index contributed by atoms with van der Waals surface area (Å²) in [6, 6.07) is 7.81. The molecule has 0 spiro atoms. The Morgan fingerprint density at radius 1 is 1.28 bits per heavy atom. The van der Waals surface area contributed by atoms with Crippen molar-refractivity contribution in [3.8, 4) is 5.75 Å². The molecular weight excluding hydrogens is 228 g/mol. The summed E-state index contributed by atoms with van der Waals surface area (Å²) in [5.74, 6) is 0.551. The molecule has 4 nitrogen and oxygen atoms in total. The number of nitrogens with two attached hydrogens (primary N) is 1. The summed E-state index contributed by atoms with van der Waals surface area (Å²) in [4.78, 5) is 12.2. The monoisotopic (exact) mass is 248 g/mol. The summed E-state index contributed by atoms with van der Waals surface area (Å²) in [5, 5.41) is 3.06. The fourth-order valence-electron chi connectivity index (χ4n) is 2.36. The first-order valence-electron chi connectivity index (χ1n) is 6.40. The number of methoxy groups -OCH3 is 1. The SMILES string of the molecule is COc1ccccc1C(=O)NC1CCC(N)CC1. The molecule has 0 atom stereocenters. The van der Waals surface area contributed by atoms with Crippen LogP contribution in [0.25, 0.3) is 0 Å². The zero-order chi connectivity index (χ0) is 13.0. The van der Waals surface area contributed by atoms with E-state index in [-0.39, 0.29) is 11.9 Å². The number of carbonyl (C=O) groups excluding carboxylic acids is 1. The first kappa shape index (κ1) is 12.9. The van der Waals surface area contributed by atoms with E-state index in [0.29, 0.717) is 17.4 Å². The van der Waals surface area contributed by atoms with Gasteiger partial charge >= 0.3 is 0 Å². The van der Waals surface area contributed by atoms with E-state index in [0.717, 1.165) is 25.7 Å². The molecule has 1 aromatic carbocycles. The molecule has 98 valence electrons. The predicted molar refractivity (Wildman–Crippen MR) is 70.7 cm³/mol. The lowest BCUT2D eigenvalue weighted by Gasteiger charge is -2.27. The van der Waals surface area contributed by atoms with Gasteiger partial charge in [0.25, 0.3) is 5.91 Å². The van der Waals surface area contributed by atoms with Crippen molar-refractivity contribution in [2.24, 2.45) is 5.73 Å². The number of ether oxygens (including phenoxy) is 1. The van der Waals surface area contributed by atoms with E-state index < -0.39 is 0 Å². The average Bonchev–Trinajstić information content (AvgIpc) is 2.41. The minimum atomic E-state index is -0.0621. The van der Waals surface area contributed by atoms with Gasteiger partial charge in [-0.15, -0.1) is 0 Å². The fraction of sp³-hybridized carbons (Fsp3) is 0.500. The predicted octanol–water partition coefficient (Wildman–Crippen LogP) is 1.69. The highest BCUT2D eigenvalue weighted by Gasteiger charge is 2.21. The Morgan fingerprint density at radius 2 is 1.94 bits per heavy atom. The largest absolute Gasteiger partial charge is 0.496 e. The Balaban J connectivity index is 1.99. The van der Waals surface area contributed by atoms with Gasteiger partial charge in [-0.2, -0.15) is 0 Å². The highest BCUT2D eigenvalue weighted by molar-refractivity contribution is 5.97. The van der Waals surface area contributed by atoms with E-state index in [1.54, 1.807) is 19.2 Å². The van der Waals surface area contributed by atoms with Crippen LogP contribution >= 0.6 is 0 Å². The van der Waals surface area contributed by atoms with Gasteiger partial charge in [0.1, 0.15) is 5.75 Å². The maximum atomic E-state index is 12.2. The zero-order valence-electron chi connectivity index (χ0n) is 10.7. The fourth-order valence-corrected chi connectivity index (χ4v) is 2.36. The number of nitrogens with one attached hydrogen (secondary N) is 1. The second kappa shape index (κ2) is 5.87. The zero-order valence-corrected chi connectivity index (χ0v) is 10.7. The Bertz CT molecular complexity index is 412. The van der Waals surface area contributed by atoms with Crippen LogP contribution in [0.4, 0.5) is 0 Å². The molecule has 0 bridgehead atoms. The minimum Gasteiger partial charge on any atom is -0.496 e. The smallest absolute Gasteiger partial charge is 0.255 e. The van der Waals surface area contributed by atoms with Gasteiger partial charge in [0, 0.05) is 12.1 Å². The van der Waals surface area contributed by atoms with Crippen molar-refractivity contribution >= 4 is 5.91 Å². The molecule has 1 aliphatic carbocycles. The first-order valence-corrected chi connectivity index (χ1v) is 6.40. The normalized spacial score (nSPS) is 23.4. The molecule has 1 amide bonds. The highest BCUT2D eigenvalue weighted by Crippen LogP contribution is 2.20. The molecule has 0 saturated heterocycles. The van der Waals surface area contributed by atoms with Crippen LogP contribution in [0.1, 0.15) is 36.0 Å². The van der Waals surface area contributed by atoms with E-state index in [4.69, 9.17) is 10.5 Å². The van der Waals surface area contributed by atoms with Crippen molar-refractivity contribution in [3.05, 3.63) is 29.8 Å². The highest BCUT2D eigenvalue weighted by atomic mass is 16.5. The molecule has 18 heavy (non-hydrogen) atoms. The topological polar surface area (TPSA) is 64.3 Å². The molecule has 0 aromatic heterocycles. The van der Waals surface area contributed by atoms with Gasteiger partial charge in [0.2, 0.25) is 0 Å². The number of para-hydroxylation sites is 1. The summed E-state index contributed by atoms with van der Waals surface area (Å²) in [6.07, 6.45) is 3.89. The van der Waals surface area contributed by atoms with E-state index in [9.17, 15) is 4.79 Å². The number of hydrogen-bond acceptors (Lipinski definition) is 3. The third-order valence-electron chi connectivity index (χ3n) is 3.46. The number of hydrogen-bond donors (Lipinski definition) is 2. The molecule has 1 saturated carbocycles. The van der Waals surface area contributed by atoms with Gasteiger partial charge < -0.3 is 15.8 Å². The lowest BCUT2D eigenvalue weighted by atomic mass is 9.91. The van der Waals surface area contributed by atoms with Crippen molar-refractivity contribution in [2.45, 2.75) is 37.8 Å². The Kier molecular flexibility index (Phi) is 4.20. The summed E-state index contributed by atoms with van der Waals surface area (Å²) in [7, 11) is 1.58. The van der Waals surface area contributed by atoms with Crippen LogP contribution in [0.5, 0.6) is 5.75 Å². The van der Waals surface area contributed by atoms with Gasteiger partial charge in [-0.1, -0.05) is 12.1 Å². The van der Waals surface area contributed by atoms with Crippen molar-refractivity contribution in [1.82, 2.24) is 5.32 Å². The van der Waals surface area contributed by atoms with Crippen LogP contribution in [-0.2, 0) is 0 Å². The summed E-state index contributed by atoms with van der Waals surface area (Å²) < 4.78 is 5.19. The third-order valence-corrected chi connectivity index (χ3v) is 3.46. The Morgan fingerprint density at radius 3 is 2.61 bits per heavy atom. The Hall–Kier alpha value is -1.55. The van der Waals surface area contributed by atoms with Crippen LogP contribution < -0.4 is 15.8 Å². The van der Waals surface area contributed by atoms with Crippen LogP contribution in [-0.4, -0.2) is 25.1 Å². The lowest BCUT2D eigenvalue weighted by Crippen LogP contribution is -2.40. The van der Waals surface area contributed by atoms with Crippen LogP contribution in [0.2, 0.25) is 0 Å². The van der Waals surface area contributed by atoms with E-state index >= 15 is 0 Å². The molecule has 0 radical (unpaired) electrons. The van der Waals surface area contributed by atoms with Crippen LogP contribution in [0, 0.1) is 0 Å². The number of benzene rings is 1. The molecule has 1 fully saturated rings. The number of rotatable bonds is 3. The molecule has 0 unspecified atom stereocenters. The summed E-state index contributed by atoms with van der Waals surface area (Å²) in [6.45, 7) is 0. The molecule has 1 aliphatic rings. The summed E-state index contributed by atoms with van der Waals surface area (Å²) in [5.41, 5.74) is 6.44. The van der Waals surface area contributed by atoms with Crippen molar-refractivity contribution in [3.63, 3.8) is 0 Å². The maximum Gasteiger partial charge on any atom is 0.255 e. The first-order chi connectivity index (χ1) is 8.70. The van der Waals surface area contributed by atoms with E-state index in [1.165, 1.54) is 0 Å². The van der Waals surface area contributed by atoms with E-state index in [1.807, 2.05) is 12.1 Å². The van der Waals surface area contributed by atoms with Gasteiger partial charge in [-0.25, -0.2) is 0 Å². The van der Waals surface area contributed by atoms with Gasteiger partial charge in [-0.05, 0) is 37.8 Å². The van der Waals surface area contributed by atoms with Crippen LogP contribution in [0.3, 0.4) is 0 Å².